The number of ether oxygens (including phenoxy) is 4. The zero-order valence-electron chi connectivity index (χ0n) is 19.5. The predicted octanol–water partition coefficient (Wildman–Crippen LogP) is 3.01. The van der Waals surface area contributed by atoms with Crippen molar-refractivity contribution in [1.82, 2.24) is 29.9 Å². The molecule has 0 saturated heterocycles. The van der Waals surface area contributed by atoms with Crippen LogP contribution in [0.4, 0.5) is 0 Å². The largest absolute Gasteiger partial charge is 0.481 e. The lowest BCUT2D eigenvalue weighted by molar-refractivity contribution is 0.351. The number of aromatic nitrogens is 6. The molecule has 3 aromatic rings. The molecule has 0 spiro atoms. The zero-order valence-corrected chi connectivity index (χ0v) is 19.5. The van der Waals surface area contributed by atoms with Crippen LogP contribution in [0.15, 0.2) is 18.2 Å². The average Bonchev–Trinajstić information content (AvgIpc) is 2.72. The van der Waals surface area contributed by atoms with Crippen molar-refractivity contribution in [2.24, 2.45) is 0 Å². The second kappa shape index (κ2) is 12.9. The van der Waals surface area contributed by atoms with Gasteiger partial charge in [0.25, 0.3) is 0 Å². The highest BCUT2D eigenvalue weighted by Gasteiger charge is 2.00. The highest BCUT2D eigenvalue weighted by molar-refractivity contribution is 5.17. The summed E-state index contributed by atoms with van der Waals surface area (Å²) in [5.41, 5.74) is 3.63. The van der Waals surface area contributed by atoms with Crippen LogP contribution in [0.25, 0.3) is 0 Å². The Kier molecular flexibility index (Phi) is 10.6. The van der Waals surface area contributed by atoms with E-state index in [0.29, 0.717) is 23.8 Å². The molecule has 0 aliphatic heterocycles. The highest BCUT2D eigenvalue weighted by atomic mass is 16.5. The Balaban J connectivity index is 0.000000233. The summed E-state index contributed by atoms with van der Waals surface area (Å²) in [6.07, 6.45) is 0. The van der Waals surface area contributed by atoms with Gasteiger partial charge >= 0.3 is 12.0 Å². The molecule has 0 unspecified atom stereocenters. The number of nitrogens with zero attached hydrogens (tertiary/aromatic N) is 6. The molecule has 0 atom stereocenters. The molecule has 0 fully saturated rings. The van der Waals surface area contributed by atoms with E-state index in [2.05, 4.69) is 29.9 Å². The van der Waals surface area contributed by atoms with Crippen molar-refractivity contribution < 1.29 is 18.9 Å². The fourth-order valence-electron chi connectivity index (χ4n) is 2.28. The molecule has 0 saturated carbocycles. The van der Waals surface area contributed by atoms with Crippen LogP contribution in [-0.4, -0.2) is 58.3 Å². The van der Waals surface area contributed by atoms with Gasteiger partial charge in [-0.25, -0.2) is 19.9 Å². The van der Waals surface area contributed by atoms with Crippen molar-refractivity contribution in [1.29, 1.82) is 0 Å². The SMILES string of the molecule is COc1cc(C)nc(C)n1.COc1cc(C)nc(OC)n1.COc1nc(C)cc(C)n1. The van der Waals surface area contributed by atoms with Crippen LogP contribution in [0.2, 0.25) is 0 Å². The van der Waals surface area contributed by atoms with E-state index in [9.17, 15) is 0 Å². The molecule has 31 heavy (non-hydrogen) atoms. The van der Waals surface area contributed by atoms with Gasteiger partial charge in [-0.05, 0) is 40.7 Å². The molecule has 3 rings (SSSR count). The van der Waals surface area contributed by atoms with E-state index in [4.69, 9.17) is 18.9 Å². The quantitative estimate of drug-likeness (QED) is 0.612. The van der Waals surface area contributed by atoms with Crippen LogP contribution in [0, 0.1) is 34.6 Å². The summed E-state index contributed by atoms with van der Waals surface area (Å²) in [4.78, 5) is 24.1. The third-order valence-electron chi connectivity index (χ3n) is 3.50. The summed E-state index contributed by atoms with van der Waals surface area (Å²) >= 11 is 0. The minimum atomic E-state index is 0.335. The fraction of sp³-hybridized carbons (Fsp3) is 0.429. The van der Waals surface area contributed by atoms with Crippen molar-refractivity contribution in [3.63, 3.8) is 0 Å². The number of rotatable bonds is 4. The molecule has 0 amide bonds. The van der Waals surface area contributed by atoms with Gasteiger partial charge < -0.3 is 18.9 Å². The summed E-state index contributed by atoms with van der Waals surface area (Å²) in [7, 11) is 6.24. The molecule has 10 nitrogen and oxygen atoms in total. The third kappa shape index (κ3) is 9.66. The van der Waals surface area contributed by atoms with E-state index in [1.807, 2.05) is 40.7 Å². The van der Waals surface area contributed by atoms with Crippen LogP contribution >= 0.6 is 0 Å². The number of methoxy groups -OCH3 is 4. The van der Waals surface area contributed by atoms with Crippen LogP contribution < -0.4 is 18.9 Å². The number of aryl methyl sites for hydroxylation is 5. The lowest BCUT2D eigenvalue weighted by Crippen LogP contribution is -1.96. The molecular weight excluding hydrogens is 400 g/mol. The normalized spacial score (nSPS) is 9.45. The lowest BCUT2D eigenvalue weighted by atomic mass is 10.4. The summed E-state index contributed by atoms with van der Waals surface area (Å²) in [6.45, 7) is 9.44. The van der Waals surface area contributed by atoms with Crippen LogP contribution in [0.5, 0.6) is 23.8 Å². The zero-order chi connectivity index (χ0) is 23.4. The molecule has 10 heteroatoms. The fourth-order valence-corrected chi connectivity index (χ4v) is 2.28. The first-order valence-electron chi connectivity index (χ1n) is 9.36. The Hall–Kier alpha value is -3.56. The Morgan fingerprint density at radius 3 is 1.26 bits per heavy atom. The number of hydrogen-bond acceptors (Lipinski definition) is 10. The first-order chi connectivity index (χ1) is 14.7. The standard InChI is InChI=1S/C7H10N2O2.2C7H10N2O/c1-5-4-6(10-2)9-7(8-5)11-3;1-5-4-7(10-3)9-6(2)8-5;1-5-4-6(2)9-7(8-5)10-3/h4H,1-3H3;2*4H,1-3H3. The van der Waals surface area contributed by atoms with Gasteiger partial charge in [0, 0.05) is 34.9 Å². The van der Waals surface area contributed by atoms with Crippen molar-refractivity contribution >= 4 is 0 Å². The van der Waals surface area contributed by atoms with Gasteiger partial charge in [-0.1, -0.05) is 0 Å². The molecule has 0 bridgehead atoms. The lowest BCUT2D eigenvalue weighted by Gasteiger charge is -2.01. The molecule has 0 N–H and O–H groups in total. The topological polar surface area (TPSA) is 114 Å². The van der Waals surface area contributed by atoms with Crippen molar-refractivity contribution in [3.05, 3.63) is 46.8 Å². The first-order valence-corrected chi connectivity index (χ1v) is 9.36. The van der Waals surface area contributed by atoms with Crippen molar-refractivity contribution in [2.75, 3.05) is 28.4 Å². The Bertz CT molecular complexity index is 854. The maximum absolute atomic E-state index is 4.92. The van der Waals surface area contributed by atoms with Gasteiger partial charge in [-0.2, -0.15) is 9.97 Å². The molecule has 0 aromatic carbocycles. The maximum atomic E-state index is 4.92. The summed E-state index contributed by atoms with van der Waals surface area (Å²) in [6, 6.07) is 6.22. The van der Waals surface area contributed by atoms with Gasteiger partial charge in [0.05, 0.1) is 28.4 Å². The second-order valence-corrected chi connectivity index (χ2v) is 6.27. The summed E-state index contributed by atoms with van der Waals surface area (Å²) < 4.78 is 19.5. The Labute approximate surface area is 183 Å². The van der Waals surface area contributed by atoms with Gasteiger partial charge in [0.1, 0.15) is 5.82 Å². The van der Waals surface area contributed by atoms with Crippen molar-refractivity contribution in [2.45, 2.75) is 34.6 Å². The first kappa shape index (κ1) is 25.5. The Morgan fingerprint density at radius 2 is 0.839 bits per heavy atom. The monoisotopic (exact) mass is 430 g/mol. The highest BCUT2D eigenvalue weighted by Crippen LogP contribution is 2.11. The minimum Gasteiger partial charge on any atom is -0.481 e. The van der Waals surface area contributed by atoms with Crippen molar-refractivity contribution in [3.8, 4) is 23.8 Å². The van der Waals surface area contributed by atoms with E-state index < -0.39 is 0 Å². The van der Waals surface area contributed by atoms with Gasteiger partial charge in [0.15, 0.2) is 0 Å². The maximum Gasteiger partial charge on any atom is 0.319 e. The molecule has 0 radical (unpaired) electrons. The van der Waals surface area contributed by atoms with Gasteiger partial charge in [-0.3, -0.25) is 0 Å². The summed E-state index contributed by atoms with van der Waals surface area (Å²) in [5.74, 6) is 1.90. The van der Waals surface area contributed by atoms with Crippen LogP contribution in [-0.2, 0) is 0 Å². The van der Waals surface area contributed by atoms with E-state index in [0.717, 1.165) is 28.6 Å². The van der Waals surface area contributed by atoms with Crippen LogP contribution in [0.1, 0.15) is 28.6 Å². The van der Waals surface area contributed by atoms with E-state index >= 15 is 0 Å². The summed E-state index contributed by atoms with van der Waals surface area (Å²) in [5, 5.41) is 0. The molecule has 168 valence electrons. The second-order valence-electron chi connectivity index (χ2n) is 6.27. The molecule has 0 aliphatic carbocycles. The molecule has 0 aliphatic rings. The minimum absolute atomic E-state index is 0.335. The predicted molar refractivity (Wildman–Crippen MR) is 116 cm³/mol. The van der Waals surface area contributed by atoms with E-state index in [-0.39, 0.29) is 0 Å². The molecule has 3 heterocycles. The van der Waals surface area contributed by atoms with Gasteiger partial charge in [-0.15, -0.1) is 0 Å². The van der Waals surface area contributed by atoms with E-state index in [1.54, 1.807) is 33.5 Å². The van der Waals surface area contributed by atoms with Crippen LogP contribution in [0.3, 0.4) is 0 Å². The average molecular weight is 431 g/mol. The third-order valence-corrected chi connectivity index (χ3v) is 3.50. The Morgan fingerprint density at radius 1 is 0.452 bits per heavy atom. The molecular formula is C21H30N6O4. The van der Waals surface area contributed by atoms with E-state index in [1.165, 1.54) is 7.11 Å². The smallest absolute Gasteiger partial charge is 0.319 e. The number of hydrogen-bond donors (Lipinski definition) is 0. The molecule has 3 aromatic heterocycles. The van der Waals surface area contributed by atoms with Gasteiger partial charge in [0.2, 0.25) is 11.8 Å².